The third kappa shape index (κ3) is 5.95. The molecule has 2 aromatic rings. The summed E-state index contributed by atoms with van der Waals surface area (Å²) in [6, 6.07) is 7.38. The first-order chi connectivity index (χ1) is 18.7. The highest BCUT2D eigenvalue weighted by atomic mass is 19.1. The number of aromatic nitrogens is 2. The summed E-state index contributed by atoms with van der Waals surface area (Å²) >= 11 is 0. The van der Waals surface area contributed by atoms with Crippen LogP contribution in [0.3, 0.4) is 0 Å². The number of rotatable bonds is 11. The molecule has 0 unspecified atom stereocenters. The van der Waals surface area contributed by atoms with E-state index in [0.717, 1.165) is 57.5 Å². The van der Waals surface area contributed by atoms with Crippen molar-refractivity contribution >= 4 is 5.97 Å². The van der Waals surface area contributed by atoms with Gasteiger partial charge in [-0.1, -0.05) is 32.9 Å². The zero-order valence-corrected chi connectivity index (χ0v) is 24.9. The van der Waals surface area contributed by atoms with Crippen LogP contribution in [-0.4, -0.2) is 69.4 Å². The van der Waals surface area contributed by atoms with E-state index in [1.165, 1.54) is 23.0 Å². The lowest BCUT2D eigenvalue weighted by Gasteiger charge is -2.40. The first kappa shape index (κ1) is 29.7. The molecule has 0 aliphatic carbocycles. The summed E-state index contributed by atoms with van der Waals surface area (Å²) in [6.45, 7) is 18.1. The molecule has 2 aliphatic heterocycles. The fourth-order valence-corrected chi connectivity index (χ4v) is 7.45. The van der Waals surface area contributed by atoms with Gasteiger partial charge in [-0.2, -0.15) is 5.10 Å². The standard InChI is InChI=1S/C32H49FN4O2/c1-7-29-22(5)30(37(10-4)34-29)24-14-16-36(17-15-24)23(6)27-19-35(21-32(8-2,9-3)31(38)39)20-28(27)25-12-11-13-26(33)18-25/h11-13,18,23-24,27-28H,7-10,14-17,19-21H2,1-6H3,(H,38,39)/t23-,27-,28-/m1/s1. The van der Waals surface area contributed by atoms with Crippen molar-refractivity contribution in [3.05, 3.63) is 52.6 Å². The molecule has 0 saturated carbocycles. The number of piperidine rings is 1. The molecule has 3 atom stereocenters. The second-order valence-electron chi connectivity index (χ2n) is 12.0. The van der Waals surface area contributed by atoms with Gasteiger partial charge in [-0.3, -0.25) is 9.48 Å². The molecule has 1 N–H and O–H groups in total. The number of nitrogens with zero attached hydrogens (tertiary/aromatic N) is 4. The number of hydrogen-bond donors (Lipinski definition) is 1. The Bertz CT molecular complexity index is 1120. The monoisotopic (exact) mass is 540 g/mol. The van der Waals surface area contributed by atoms with Gasteiger partial charge < -0.3 is 14.9 Å². The topological polar surface area (TPSA) is 61.6 Å². The number of hydrogen-bond acceptors (Lipinski definition) is 4. The average molecular weight is 541 g/mol. The van der Waals surface area contributed by atoms with Gasteiger partial charge in [-0.15, -0.1) is 0 Å². The molecule has 2 aliphatic rings. The quantitative estimate of drug-likeness (QED) is 0.374. The molecule has 39 heavy (non-hydrogen) atoms. The maximum atomic E-state index is 14.3. The van der Waals surface area contributed by atoms with Crippen molar-refractivity contribution in [1.82, 2.24) is 19.6 Å². The largest absolute Gasteiger partial charge is 0.481 e. The van der Waals surface area contributed by atoms with Crippen molar-refractivity contribution in [2.24, 2.45) is 11.3 Å². The van der Waals surface area contributed by atoms with Gasteiger partial charge in [-0.25, -0.2) is 4.39 Å². The van der Waals surface area contributed by atoms with Crippen molar-refractivity contribution in [2.45, 2.75) is 98.1 Å². The Morgan fingerprint density at radius 2 is 1.85 bits per heavy atom. The van der Waals surface area contributed by atoms with Crippen molar-refractivity contribution < 1.29 is 14.3 Å². The third-order valence-electron chi connectivity index (χ3n) is 10.1. The van der Waals surface area contributed by atoms with E-state index >= 15 is 0 Å². The predicted molar refractivity (Wildman–Crippen MR) is 155 cm³/mol. The Morgan fingerprint density at radius 1 is 1.15 bits per heavy atom. The number of carbonyl (C=O) groups is 1. The Labute approximate surface area is 234 Å². The predicted octanol–water partition coefficient (Wildman–Crippen LogP) is 6.09. The lowest BCUT2D eigenvalue weighted by Crippen LogP contribution is -2.46. The fourth-order valence-electron chi connectivity index (χ4n) is 7.45. The van der Waals surface area contributed by atoms with Crippen LogP contribution in [-0.2, 0) is 17.8 Å². The average Bonchev–Trinajstić information content (AvgIpc) is 3.51. The molecule has 216 valence electrons. The summed E-state index contributed by atoms with van der Waals surface area (Å²) in [5.41, 5.74) is 4.32. The van der Waals surface area contributed by atoms with Gasteiger partial charge in [0.2, 0.25) is 0 Å². The van der Waals surface area contributed by atoms with Crippen LogP contribution < -0.4 is 0 Å². The molecule has 4 rings (SSSR count). The lowest BCUT2D eigenvalue weighted by molar-refractivity contribution is -0.150. The van der Waals surface area contributed by atoms with Gasteiger partial charge in [0.25, 0.3) is 0 Å². The van der Waals surface area contributed by atoms with Gasteiger partial charge >= 0.3 is 5.97 Å². The highest BCUT2D eigenvalue weighted by Gasteiger charge is 2.44. The van der Waals surface area contributed by atoms with Crippen molar-refractivity contribution in [3.63, 3.8) is 0 Å². The molecule has 2 fully saturated rings. The van der Waals surface area contributed by atoms with E-state index < -0.39 is 11.4 Å². The maximum absolute atomic E-state index is 14.3. The zero-order valence-electron chi connectivity index (χ0n) is 24.9. The first-order valence-electron chi connectivity index (χ1n) is 15.2. The molecule has 3 heterocycles. The SMILES string of the molecule is CCc1nn(CC)c(C2CCN([C@H](C)[C@H]3CN(CC(CC)(CC)C(=O)O)C[C@@H]3c3cccc(F)c3)CC2)c1C. The van der Waals surface area contributed by atoms with Crippen molar-refractivity contribution in [2.75, 3.05) is 32.7 Å². The minimum atomic E-state index is -0.736. The third-order valence-corrected chi connectivity index (χ3v) is 10.1. The minimum Gasteiger partial charge on any atom is -0.481 e. The maximum Gasteiger partial charge on any atom is 0.310 e. The number of aliphatic carboxylic acids is 1. The van der Waals surface area contributed by atoms with Crippen LogP contribution in [0.5, 0.6) is 0 Å². The molecule has 2 saturated heterocycles. The Kier molecular flexibility index (Phi) is 9.53. The Hall–Kier alpha value is -2.25. The minimum absolute atomic E-state index is 0.185. The van der Waals surface area contributed by atoms with E-state index in [4.69, 9.17) is 5.10 Å². The van der Waals surface area contributed by atoms with E-state index in [-0.39, 0.29) is 11.7 Å². The molecule has 0 bridgehead atoms. The second kappa shape index (κ2) is 12.5. The summed E-state index contributed by atoms with van der Waals surface area (Å²) < 4.78 is 16.5. The summed E-state index contributed by atoms with van der Waals surface area (Å²) in [4.78, 5) is 17.3. The van der Waals surface area contributed by atoms with Gasteiger partial charge in [0, 0.05) is 49.8 Å². The zero-order chi connectivity index (χ0) is 28.3. The number of benzene rings is 1. The smallest absolute Gasteiger partial charge is 0.310 e. The summed E-state index contributed by atoms with van der Waals surface area (Å²) in [5, 5.41) is 15.0. The number of halogens is 1. The molecule has 7 heteroatoms. The Morgan fingerprint density at radius 3 is 2.41 bits per heavy atom. The number of carboxylic acids is 1. The molecular formula is C32H49FN4O2. The Balaban J connectivity index is 1.52. The second-order valence-corrected chi connectivity index (χ2v) is 12.0. The van der Waals surface area contributed by atoms with Gasteiger partial charge in [0.05, 0.1) is 11.1 Å². The van der Waals surface area contributed by atoms with Gasteiger partial charge in [0.1, 0.15) is 5.82 Å². The summed E-state index contributed by atoms with van der Waals surface area (Å²) in [7, 11) is 0. The van der Waals surface area contributed by atoms with Crippen molar-refractivity contribution in [3.8, 4) is 0 Å². The normalized spacial score (nSPS) is 22.4. The first-order valence-corrected chi connectivity index (χ1v) is 15.2. The van der Waals surface area contributed by atoms with Crippen LogP contribution in [0.1, 0.15) is 94.7 Å². The molecule has 0 spiro atoms. The molecule has 0 amide bonds. The van der Waals surface area contributed by atoms with Crippen LogP contribution >= 0.6 is 0 Å². The van der Waals surface area contributed by atoms with E-state index in [9.17, 15) is 14.3 Å². The van der Waals surface area contributed by atoms with Crippen LogP contribution in [0.15, 0.2) is 24.3 Å². The molecule has 6 nitrogen and oxygen atoms in total. The van der Waals surface area contributed by atoms with Crippen molar-refractivity contribution in [1.29, 1.82) is 0 Å². The highest BCUT2D eigenvalue weighted by Crippen LogP contribution is 2.41. The van der Waals surface area contributed by atoms with Crippen LogP contribution in [0.25, 0.3) is 0 Å². The van der Waals surface area contributed by atoms with Crippen LogP contribution in [0, 0.1) is 24.1 Å². The van der Waals surface area contributed by atoms with Crippen LogP contribution in [0.4, 0.5) is 4.39 Å². The van der Waals surface area contributed by atoms with E-state index in [1.54, 1.807) is 6.07 Å². The van der Waals surface area contributed by atoms with E-state index in [0.29, 0.717) is 37.3 Å². The number of carboxylic acid groups (broad SMARTS) is 1. The lowest BCUT2D eigenvalue weighted by atomic mass is 9.82. The van der Waals surface area contributed by atoms with E-state index in [2.05, 4.69) is 42.2 Å². The highest BCUT2D eigenvalue weighted by molar-refractivity contribution is 5.74. The van der Waals surface area contributed by atoms with Gasteiger partial charge in [0.15, 0.2) is 0 Å². The number of likely N-dealkylation sites (tertiary alicyclic amines) is 2. The summed E-state index contributed by atoms with van der Waals surface area (Å²) in [6.07, 6.45) is 4.44. The fraction of sp³-hybridized carbons (Fsp3) is 0.688. The van der Waals surface area contributed by atoms with E-state index in [1.807, 2.05) is 26.0 Å². The molecule has 1 aromatic heterocycles. The summed E-state index contributed by atoms with van der Waals surface area (Å²) in [5.74, 6) is 0.129. The molecule has 0 radical (unpaired) electrons. The molecule has 1 aromatic carbocycles. The number of aryl methyl sites for hydroxylation is 2. The molecular weight excluding hydrogens is 491 g/mol. The van der Waals surface area contributed by atoms with Crippen LogP contribution in [0.2, 0.25) is 0 Å². The van der Waals surface area contributed by atoms with Gasteiger partial charge in [-0.05, 0) is 95.1 Å².